The molecule has 0 aromatic heterocycles. The third kappa shape index (κ3) is 5.12. The second kappa shape index (κ2) is 9.44. The Kier molecular flexibility index (Phi) is 6.42. The van der Waals surface area contributed by atoms with Gasteiger partial charge in [-0.05, 0) is 54.6 Å². The maximum atomic E-state index is 12.9. The number of benzene rings is 3. The molecule has 4 rings (SSSR count). The van der Waals surface area contributed by atoms with Gasteiger partial charge in [0.2, 0.25) is 5.91 Å². The topological polar surface area (TPSA) is 114 Å². The van der Waals surface area contributed by atoms with Crippen LogP contribution in [0, 0.1) is 0 Å². The zero-order valence-electron chi connectivity index (χ0n) is 18.6. The van der Waals surface area contributed by atoms with Gasteiger partial charge in [-0.1, -0.05) is 6.07 Å². The molecule has 9 nitrogen and oxygen atoms in total. The van der Waals surface area contributed by atoms with Crippen LogP contribution in [0.2, 0.25) is 0 Å². The smallest absolute Gasteiger partial charge is 0.262 e. The van der Waals surface area contributed by atoms with Crippen molar-refractivity contribution < 1.29 is 27.5 Å². The van der Waals surface area contributed by atoms with E-state index in [0.717, 1.165) is 0 Å². The molecule has 0 radical (unpaired) electrons. The van der Waals surface area contributed by atoms with Crippen molar-refractivity contribution in [3.63, 3.8) is 0 Å². The summed E-state index contributed by atoms with van der Waals surface area (Å²) in [5, 5.41) is 2.76. The fraction of sp³-hybridized carbons (Fsp3) is 0.167. The summed E-state index contributed by atoms with van der Waals surface area (Å²) in [6, 6.07) is 17.3. The zero-order chi connectivity index (χ0) is 24.3. The molecule has 176 valence electrons. The van der Waals surface area contributed by atoms with E-state index >= 15 is 0 Å². The van der Waals surface area contributed by atoms with Gasteiger partial charge in [0, 0.05) is 42.7 Å². The van der Waals surface area contributed by atoms with Crippen molar-refractivity contribution in [3.05, 3.63) is 72.3 Å². The lowest BCUT2D eigenvalue weighted by molar-refractivity contribution is -0.116. The Hall–Kier alpha value is -4.05. The number of anilines is 3. The number of fused-ring (bicyclic) bond motifs is 1. The van der Waals surface area contributed by atoms with E-state index in [1.165, 1.54) is 30.0 Å². The Morgan fingerprint density at radius 2 is 1.59 bits per heavy atom. The molecule has 0 unspecified atom stereocenters. The summed E-state index contributed by atoms with van der Waals surface area (Å²) < 4.78 is 39.1. The molecule has 0 bridgehead atoms. The van der Waals surface area contributed by atoms with Crippen LogP contribution in [-0.2, 0) is 14.8 Å². The summed E-state index contributed by atoms with van der Waals surface area (Å²) in [7, 11) is -2.26. The Morgan fingerprint density at radius 3 is 2.29 bits per heavy atom. The second-order valence-corrected chi connectivity index (χ2v) is 9.25. The van der Waals surface area contributed by atoms with E-state index in [4.69, 9.17) is 9.47 Å². The molecule has 1 heterocycles. The van der Waals surface area contributed by atoms with E-state index in [2.05, 4.69) is 10.0 Å². The summed E-state index contributed by atoms with van der Waals surface area (Å²) in [5.41, 5.74) is 1.74. The van der Waals surface area contributed by atoms with Crippen molar-refractivity contribution in [1.82, 2.24) is 0 Å². The van der Waals surface area contributed by atoms with Crippen LogP contribution in [0.25, 0.3) is 0 Å². The van der Waals surface area contributed by atoms with E-state index in [0.29, 0.717) is 36.1 Å². The minimum Gasteiger partial charge on any atom is -0.486 e. The predicted molar refractivity (Wildman–Crippen MR) is 128 cm³/mol. The molecule has 0 fully saturated rings. The third-order valence-corrected chi connectivity index (χ3v) is 6.56. The minimum absolute atomic E-state index is 0.0159. The lowest BCUT2D eigenvalue weighted by Crippen LogP contribution is -2.22. The number of rotatable bonds is 6. The molecule has 1 aliphatic rings. The van der Waals surface area contributed by atoms with Crippen LogP contribution >= 0.6 is 0 Å². The average Bonchev–Trinajstić information content (AvgIpc) is 2.83. The van der Waals surface area contributed by atoms with Crippen LogP contribution in [0.1, 0.15) is 17.3 Å². The first-order valence-electron chi connectivity index (χ1n) is 10.4. The molecule has 2 N–H and O–H groups in total. The van der Waals surface area contributed by atoms with Gasteiger partial charge in [-0.3, -0.25) is 14.3 Å². The summed E-state index contributed by atoms with van der Waals surface area (Å²) >= 11 is 0. The number of sulfonamides is 1. The fourth-order valence-electron chi connectivity index (χ4n) is 3.28. The number of carbonyl (C=O) groups is 2. The van der Waals surface area contributed by atoms with Gasteiger partial charge < -0.3 is 19.7 Å². The van der Waals surface area contributed by atoms with E-state index < -0.39 is 15.9 Å². The standard InChI is InChI=1S/C24H23N3O6S/c1-16(28)27(2)20-8-6-18(7-9-20)25-24(29)17-4-3-5-19(14-17)26-34(30,31)21-10-11-22-23(15-21)33-13-12-32-22/h3-11,14-15,26H,12-13H2,1-2H3,(H,25,29). The fourth-order valence-corrected chi connectivity index (χ4v) is 4.35. The van der Waals surface area contributed by atoms with Crippen molar-refractivity contribution >= 4 is 38.9 Å². The Labute approximate surface area is 197 Å². The summed E-state index contributed by atoms with van der Waals surface area (Å²) in [6.45, 7) is 2.22. The monoisotopic (exact) mass is 481 g/mol. The summed E-state index contributed by atoms with van der Waals surface area (Å²) in [5.74, 6) is 0.341. The van der Waals surface area contributed by atoms with Crippen LogP contribution in [0.15, 0.2) is 71.6 Å². The van der Waals surface area contributed by atoms with E-state index in [9.17, 15) is 18.0 Å². The molecule has 0 aliphatic carbocycles. The Bertz CT molecular complexity index is 1340. The summed E-state index contributed by atoms with van der Waals surface area (Å²) in [4.78, 5) is 25.7. The van der Waals surface area contributed by atoms with Crippen molar-refractivity contribution in [2.24, 2.45) is 0 Å². The number of nitrogens with one attached hydrogen (secondary N) is 2. The predicted octanol–water partition coefficient (Wildman–Crippen LogP) is 3.49. The summed E-state index contributed by atoms with van der Waals surface area (Å²) in [6.07, 6.45) is 0. The molecule has 0 spiro atoms. The van der Waals surface area contributed by atoms with E-state index in [-0.39, 0.29) is 22.1 Å². The number of hydrogen-bond donors (Lipinski definition) is 2. The molecule has 0 atom stereocenters. The first-order chi connectivity index (χ1) is 16.2. The molecule has 34 heavy (non-hydrogen) atoms. The SMILES string of the molecule is CC(=O)N(C)c1ccc(NC(=O)c2cccc(NS(=O)(=O)c3ccc4c(c3)OCCO4)c2)cc1. The highest BCUT2D eigenvalue weighted by molar-refractivity contribution is 7.92. The highest BCUT2D eigenvalue weighted by Crippen LogP contribution is 2.32. The molecule has 3 aromatic rings. The number of hydrogen-bond acceptors (Lipinski definition) is 6. The number of ether oxygens (including phenoxy) is 2. The molecule has 0 saturated heterocycles. The van der Waals surface area contributed by atoms with Gasteiger partial charge in [0.05, 0.1) is 4.90 Å². The molecule has 10 heteroatoms. The Morgan fingerprint density at radius 1 is 0.882 bits per heavy atom. The van der Waals surface area contributed by atoms with E-state index in [1.54, 1.807) is 55.6 Å². The van der Waals surface area contributed by atoms with Gasteiger partial charge in [0.1, 0.15) is 13.2 Å². The van der Waals surface area contributed by atoms with Crippen LogP contribution < -0.4 is 24.4 Å². The molecule has 3 aromatic carbocycles. The minimum atomic E-state index is -3.92. The van der Waals surface area contributed by atoms with Crippen molar-refractivity contribution in [2.45, 2.75) is 11.8 Å². The van der Waals surface area contributed by atoms with Gasteiger partial charge in [-0.2, -0.15) is 0 Å². The van der Waals surface area contributed by atoms with Crippen molar-refractivity contribution in [1.29, 1.82) is 0 Å². The molecular weight excluding hydrogens is 458 g/mol. The Balaban J connectivity index is 1.47. The van der Waals surface area contributed by atoms with Crippen molar-refractivity contribution in [2.75, 3.05) is 35.2 Å². The van der Waals surface area contributed by atoms with E-state index in [1.807, 2.05) is 0 Å². The maximum absolute atomic E-state index is 12.9. The quantitative estimate of drug-likeness (QED) is 0.557. The van der Waals surface area contributed by atoms with Gasteiger partial charge in [0.25, 0.3) is 15.9 Å². The highest BCUT2D eigenvalue weighted by atomic mass is 32.2. The van der Waals surface area contributed by atoms with Crippen LogP contribution in [0.3, 0.4) is 0 Å². The molecule has 1 aliphatic heterocycles. The van der Waals surface area contributed by atoms with Gasteiger partial charge in [-0.15, -0.1) is 0 Å². The molecule has 0 saturated carbocycles. The maximum Gasteiger partial charge on any atom is 0.262 e. The van der Waals surface area contributed by atoms with Crippen LogP contribution in [0.5, 0.6) is 11.5 Å². The van der Waals surface area contributed by atoms with Gasteiger partial charge in [-0.25, -0.2) is 8.42 Å². The second-order valence-electron chi connectivity index (χ2n) is 7.57. The largest absolute Gasteiger partial charge is 0.486 e. The third-order valence-electron chi connectivity index (χ3n) is 5.19. The molecule has 2 amide bonds. The van der Waals surface area contributed by atoms with Crippen molar-refractivity contribution in [3.8, 4) is 11.5 Å². The van der Waals surface area contributed by atoms with Gasteiger partial charge >= 0.3 is 0 Å². The van der Waals surface area contributed by atoms with Gasteiger partial charge in [0.15, 0.2) is 11.5 Å². The number of nitrogens with zero attached hydrogens (tertiary/aromatic N) is 1. The first kappa shape index (κ1) is 23.1. The lowest BCUT2D eigenvalue weighted by Gasteiger charge is -2.19. The molecular formula is C24H23N3O6S. The number of amides is 2. The highest BCUT2D eigenvalue weighted by Gasteiger charge is 2.20. The normalized spacial score (nSPS) is 12.5. The average molecular weight is 482 g/mol. The van der Waals surface area contributed by atoms with Crippen LogP contribution in [0.4, 0.5) is 17.1 Å². The zero-order valence-corrected chi connectivity index (χ0v) is 19.4. The van der Waals surface area contributed by atoms with Crippen LogP contribution in [-0.4, -0.2) is 40.5 Å². The number of carbonyl (C=O) groups excluding carboxylic acids is 2. The first-order valence-corrected chi connectivity index (χ1v) is 11.9. The lowest BCUT2D eigenvalue weighted by atomic mass is 10.2.